The molecule has 0 radical (unpaired) electrons. The molecule has 0 amide bonds. The second-order valence-corrected chi connectivity index (χ2v) is 22.1. The number of aliphatic imine (C=N–C) groups is 1. The zero-order valence-electron chi connectivity index (χ0n) is 37.1. The van der Waals surface area contributed by atoms with Gasteiger partial charge in [-0.2, -0.15) is 6.07 Å². The van der Waals surface area contributed by atoms with Gasteiger partial charge in [-0.15, -0.1) is 46.7 Å². The van der Waals surface area contributed by atoms with Crippen LogP contribution in [-0.4, -0.2) is 15.6 Å². The summed E-state index contributed by atoms with van der Waals surface area (Å²) in [7, 11) is 0. The minimum absolute atomic E-state index is 0. The Balaban J connectivity index is 0.00000512. The monoisotopic (exact) mass is 968 g/mol. The van der Waals surface area contributed by atoms with Crippen molar-refractivity contribution in [3.05, 3.63) is 141 Å². The molecule has 4 nitrogen and oxygen atoms in total. The zero-order chi connectivity index (χ0) is 41.2. The molecular formula is C52H59N3OPtS. The minimum atomic E-state index is -0.283. The van der Waals surface area contributed by atoms with Gasteiger partial charge in [0.1, 0.15) is 5.82 Å². The van der Waals surface area contributed by atoms with E-state index in [4.69, 9.17) is 14.7 Å². The summed E-state index contributed by atoms with van der Waals surface area (Å²) in [4.78, 5) is 12.8. The summed E-state index contributed by atoms with van der Waals surface area (Å²) in [5, 5.41) is 1.04. The number of nitrogens with zero attached hydrogens (tertiary/aromatic N) is 3. The van der Waals surface area contributed by atoms with Gasteiger partial charge in [0.25, 0.3) is 0 Å². The molecule has 1 aliphatic carbocycles. The van der Waals surface area contributed by atoms with Gasteiger partial charge in [0.05, 0.1) is 10.3 Å². The molecule has 1 aromatic heterocycles. The quantitative estimate of drug-likeness (QED) is 0.168. The van der Waals surface area contributed by atoms with E-state index in [1.165, 1.54) is 38.9 Å². The summed E-state index contributed by atoms with van der Waals surface area (Å²) in [6.07, 6.45) is 2.85. The fourth-order valence-electron chi connectivity index (χ4n) is 9.17. The number of fused-ring (bicyclic) bond motifs is 5. The van der Waals surface area contributed by atoms with Crippen molar-refractivity contribution in [2.45, 2.75) is 142 Å². The number of aromatic nitrogens is 1. The predicted molar refractivity (Wildman–Crippen MR) is 241 cm³/mol. The van der Waals surface area contributed by atoms with Crippen LogP contribution in [0.4, 0.5) is 17.2 Å². The predicted octanol–water partition coefficient (Wildman–Crippen LogP) is 13.8. The van der Waals surface area contributed by atoms with Gasteiger partial charge in [0.2, 0.25) is 0 Å². The van der Waals surface area contributed by atoms with Gasteiger partial charge in [-0.3, -0.25) is 0 Å². The first-order valence-corrected chi connectivity index (χ1v) is 21.4. The van der Waals surface area contributed by atoms with Gasteiger partial charge in [0, 0.05) is 28.4 Å². The van der Waals surface area contributed by atoms with Crippen LogP contribution in [0.5, 0.6) is 11.5 Å². The molecule has 3 heterocycles. The third kappa shape index (κ3) is 6.81. The number of pyridine rings is 1. The van der Waals surface area contributed by atoms with Crippen molar-refractivity contribution < 1.29 is 25.8 Å². The Morgan fingerprint density at radius 2 is 1.41 bits per heavy atom. The number of hydrogen-bond acceptors (Lipinski definition) is 5. The van der Waals surface area contributed by atoms with Crippen molar-refractivity contribution in [1.82, 2.24) is 4.98 Å². The molecule has 304 valence electrons. The number of benzene rings is 4. The fraction of sp³-hybridized carbons (Fsp3) is 0.423. The van der Waals surface area contributed by atoms with E-state index in [0.717, 1.165) is 45.3 Å². The largest absolute Gasteiger partial charge is 2.00 e. The molecule has 5 aromatic rings. The number of hydrogen-bond donors (Lipinski definition) is 0. The third-order valence-electron chi connectivity index (χ3n) is 12.9. The molecular weight excluding hydrogens is 910 g/mol. The molecule has 0 unspecified atom stereocenters. The minimum Gasteiger partial charge on any atom is -0.503 e. The van der Waals surface area contributed by atoms with E-state index in [9.17, 15) is 0 Å². The van der Waals surface area contributed by atoms with E-state index < -0.39 is 0 Å². The number of anilines is 3. The molecule has 0 N–H and O–H groups in total. The van der Waals surface area contributed by atoms with Gasteiger partial charge >= 0.3 is 21.1 Å². The molecule has 0 fully saturated rings. The Morgan fingerprint density at radius 3 is 2.09 bits per heavy atom. The Kier molecular flexibility index (Phi) is 10.2. The molecule has 2 aliphatic heterocycles. The molecule has 0 bridgehead atoms. The van der Waals surface area contributed by atoms with Crippen LogP contribution >= 0.6 is 11.8 Å². The number of thioether (sulfide) groups is 1. The molecule has 2 atom stereocenters. The van der Waals surface area contributed by atoms with Crippen molar-refractivity contribution in [2.75, 3.05) is 4.90 Å². The maximum atomic E-state index is 6.83. The average Bonchev–Trinajstić information content (AvgIpc) is 3.50. The van der Waals surface area contributed by atoms with Crippen molar-refractivity contribution >= 4 is 34.0 Å². The molecule has 8 rings (SSSR count). The third-order valence-corrected chi connectivity index (χ3v) is 14.5. The van der Waals surface area contributed by atoms with Crippen LogP contribution in [0.2, 0.25) is 0 Å². The first-order valence-electron chi connectivity index (χ1n) is 20.5. The van der Waals surface area contributed by atoms with E-state index in [1.807, 2.05) is 18.0 Å². The Bertz CT molecular complexity index is 2500. The summed E-state index contributed by atoms with van der Waals surface area (Å²) in [6.45, 7) is 34.4. The van der Waals surface area contributed by atoms with Gasteiger partial charge < -0.3 is 14.6 Å². The summed E-state index contributed by atoms with van der Waals surface area (Å²) in [6, 6.07) is 31.9. The Hall–Kier alpha value is -3.66. The first kappa shape index (κ1) is 42.5. The number of para-hydroxylation sites is 1. The van der Waals surface area contributed by atoms with Crippen molar-refractivity contribution in [1.29, 1.82) is 0 Å². The molecule has 0 saturated heterocycles. The maximum absolute atomic E-state index is 6.83. The van der Waals surface area contributed by atoms with Crippen LogP contribution in [0.3, 0.4) is 0 Å². The van der Waals surface area contributed by atoms with Gasteiger partial charge in [-0.05, 0) is 93.5 Å². The number of ether oxygens (including phenoxy) is 1. The van der Waals surface area contributed by atoms with Crippen LogP contribution < -0.4 is 9.64 Å². The van der Waals surface area contributed by atoms with Gasteiger partial charge in [-0.25, -0.2) is 4.98 Å². The average molecular weight is 969 g/mol. The van der Waals surface area contributed by atoms with Crippen molar-refractivity contribution in [3.63, 3.8) is 0 Å². The van der Waals surface area contributed by atoms with Crippen LogP contribution in [0, 0.1) is 26.0 Å². The first-order chi connectivity index (χ1) is 26.4. The van der Waals surface area contributed by atoms with E-state index in [2.05, 4.69) is 188 Å². The number of aryl methyl sites for hydroxylation is 2. The van der Waals surface area contributed by atoms with Crippen molar-refractivity contribution in [3.8, 4) is 11.5 Å². The van der Waals surface area contributed by atoms with E-state index in [1.54, 1.807) is 0 Å². The summed E-state index contributed by atoms with van der Waals surface area (Å²) >= 11 is 1.91. The second kappa shape index (κ2) is 14.0. The summed E-state index contributed by atoms with van der Waals surface area (Å²) in [5.41, 5.74) is 14.2. The normalized spacial score (nSPS) is 20.7. The summed E-state index contributed by atoms with van der Waals surface area (Å²) < 4.78 is 6.63. The standard InChI is InChI=1S/C52H59N3OS.Pt/c1-31-24-32(2)44(29-36(31)46-54-51(14)30-37-40(49(9,10)11)25-34(48(6,7)8)26-41(37)52(51,15)57-46)56-35-20-21-39-43(28-35)55(42-19-17-16-18-38(42)50(39,12)13)45-27-33(22-23-53-45)47(3,4)5;/h16-27H,30H2,1-15H3;/q-2;+2/t51-,52+;/m1./s1. The SMILES string of the molecule is Cc1cc(C)c(C2=N[C@]3(C)Cc4c(C(C)(C)C)cc(C(C)(C)C)cc4[C@]3(C)S2)[c-]c1Oc1[c-]c2c(cc1)C(C)(C)c1ccccc1N2c1cc(C(C)(C)C)ccn1.[Pt+2]. The molecule has 4 aromatic carbocycles. The van der Waals surface area contributed by atoms with Crippen LogP contribution in [0.25, 0.3) is 0 Å². The second-order valence-electron chi connectivity index (χ2n) is 20.7. The summed E-state index contributed by atoms with van der Waals surface area (Å²) in [5.74, 6) is 2.21. The topological polar surface area (TPSA) is 37.7 Å². The number of rotatable bonds is 4. The van der Waals surface area contributed by atoms with Crippen molar-refractivity contribution in [2.24, 2.45) is 4.99 Å². The molecule has 0 spiro atoms. The molecule has 6 heteroatoms. The van der Waals surface area contributed by atoms with E-state index >= 15 is 0 Å². The van der Waals surface area contributed by atoms with Gasteiger partial charge in [-0.1, -0.05) is 138 Å². The zero-order valence-corrected chi connectivity index (χ0v) is 40.2. The molecule has 0 saturated carbocycles. The smallest absolute Gasteiger partial charge is 0.503 e. The Morgan fingerprint density at radius 1 is 0.724 bits per heavy atom. The van der Waals surface area contributed by atoms with E-state index in [-0.39, 0.29) is 53.0 Å². The van der Waals surface area contributed by atoms with E-state index in [0.29, 0.717) is 11.5 Å². The fourth-order valence-corrected chi connectivity index (χ4v) is 10.8. The Labute approximate surface area is 367 Å². The van der Waals surface area contributed by atoms with Crippen LogP contribution in [0.15, 0.2) is 77.9 Å². The maximum Gasteiger partial charge on any atom is 2.00 e. The van der Waals surface area contributed by atoms with Crippen LogP contribution in [-0.2, 0) is 53.9 Å². The van der Waals surface area contributed by atoms with Gasteiger partial charge in [0.15, 0.2) is 0 Å². The molecule has 3 aliphatic rings. The van der Waals surface area contributed by atoms with Crippen LogP contribution in [0.1, 0.15) is 146 Å². The molecule has 58 heavy (non-hydrogen) atoms.